The number of nitrogens with one attached hydrogen (secondary N) is 1. The predicted molar refractivity (Wildman–Crippen MR) is 182 cm³/mol. The van der Waals surface area contributed by atoms with Crippen LogP contribution in [0.2, 0.25) is 5.02 Å². The lowest BCUT2D eigenvalue weighted by Crippen LogP contribution is -2.33. The first-order valence-electron chi connectivity index (χ1n) is 14.1. The van der Waals surface area contributed by atoms with E-state index in [-0.39, 0.29) is 36.1 Å². The third-order valence-corrected chi connectivity index (χ3v) is 8.84. The van der Waals surface area contributed by atoms with Crippen LogP contribution in [0.4, 0.5) is 11.5 Å². The zero-order valence-electron chi connectivity index (χ0n) is 24.7. The molecule has 2 aromatic carbocycles. The summed E-state index contributed by atoms with van der Waals surface area (Å²) >= 11 is 8.83. The molecule has 14 heteroatoms. The molecule has 46 heavy (non-hydrogen) atoms. The maximum atomic E-state index is 12.1. The number of thiazole rings is 1. The smallest absolute Gasteiger partial charge is 0.323 e. The van der Waals surface area contributed by atoms with Crippen LogP contribution in [0, 0.1) is 23.3 Å². The minimum Gasteiger partial charge on any atom is -0.490 e. The fourth-order valence-corrected chi connectivity index (χ4v) is 6.28. The van der Waals surface area contributed by atoms with Crippen LogP contribution in [0.15, 0.2) is 58.9 Å². The third-order valence-electron chi connectivity index (χ3n) is 6.64. The average Bonchev–Trinajstić information content (AvgIpc) is 3.53. The number of halogens is 1. The van der Waals surface area contributed by atoms with E-state index in [2.05, 4.69) is 15.9 Å². The van der Waals surface area contributed by atoms with E-state index in [0.717, 1.165) is 16.3 Å². The molecule has 0 bridgehead atoms. The number of esters is 1. The molecule has 4 aromatic rings. The van der Waals surface area contributed by atoms with Gasteiger partial charge < -0.3 is 26.7 Å². The molecule has 0 spiro atoms. The van der Waals surface area contributed by atoms with Gasteiger partial charge in [0.2, 0.25) is 5.69 Å². The van der Waals surface area contributed by atoms with Gasteiger partial charge in [-0.2, -0.15) is 5.26 Å². The first kappa shape index (κ1) is 34.2. The molecule has 11 nitrogen and oxygen atoms in total. The zero-order valence-corrected chi connectivity index (χ0v) is 27.1. The van der Waals surface area contributed by atoms with Gasteiger partial charge in [-0.1, -0.05) is 54.0 Å². The summed E-state index contributed by atoms with van der Waals surface area (Å²) in [4.78, 5) is 24.8. The van der Waals surface area contributed by atoms with E-state index in [9.17, 15) is 10.1 Å². The summed E-state index contributed by atoms with van der Waals surface area (Å²) in [6.45, 7) is 7.84. The minimum absolute atomic E-state index is 0.0177. The van der Waals surface area contributed by atoms with E-state index >= 15 is 0 Å². The summed E-state index contributed by atoms with van der Waals surface area (Å²) in [5, 5.41) is 21.2. The molecular formula is C32H31ClN8O3S2. The number of ether oxygens (including phenoxy) is 2. The normalized spacial score (nSPS) is 11.3. The number of aromatic nitrogens is 2. The number of hydrogen-bond donors (Lipinski definition) is 4. The van der Waals surface area contributed by atoms with Gasteiger partial charge >= 0.3 is 5.97 Å². The lowest BCUT2D eigenvalue weighted by atomic mass is 10.00. The van der Waals surface area contributed by atoms with Crippen molar-refractivity contribution in [2.45, 2.75) is 42.5 Å². The Hall–Kier alpha value is -4.66. The molecule has 2 aromatic heterocycles. The second-order valence-electron chi connectivity index (χ2n) is 9.98. The van der Waals surface area contributed by atoms with E-state index in [1.165, 1.54) is 23.1 Å². The molecule has 0 unspecified atom stereocenters. The summed E-state index contributed by atoms with van der Waals surface area (Å²) in [6, 6.07) is 15.8. The maximum Gasteiger partial charge on any atom is 0.323 e. The first-order chi connectivity index (χ1) is 22.2. The number of anilines is 1. The van der Waals surface area contributed by atoms with Crippen LogP contribution in [0.25, 0.3) is 26.5 Å². The number of carbonyl (C=O) groups is 1. The van der Waals surface area contributed by atoms with Gasteiger partial charge in [-0.05, 0) is 42.7 Å². The molecule has 236 valence electrons. The fourth-order valence-electron chi connectivity index (χ4n) is 4.34. The van der Waals surface area contributed by atoms with Crippen molar-refractivity contribution in [3.63, 3.8) is 0 Å². The van der Waals surface area contributed by atoms with Gasteiger partial charge in [-0.3, -0.25) is 10.2 Å². The number of thioether (sulfide) groups is 1. The van der Waals surface area contributed by atoms with Crippen LogP contribution in [-0.2, 0) is 15.3 Å². The summed E-state index contributed by atoms with van der Waals surface area (Å²) < 4.78 is 10.9. The van der Waals surface area contributed by atoms with Gasteiger partial charge in [-0.25, -0.2) is 14.8 Å². The Kier molecular flexibility index (Phi) is 12.3. The molecule has 4 rings (SSSR count). The van der Waals surface area contributed by atoms with Crippen molar-refractivity contribution in [3.05, 3.63) is 81.6 Å². The number of amidine groups is 1. The summed E-state index contributed by atoms with van der Waals surface area (Å²) in [6.07, 6.45) is 2.28. The predicted octanol–water partition coefficient (Wildman–Crippen LogP) is 6.57. The largest absolute Gasteiger partial charge is 0.490 e. The van der Waals surface area contributed by atoms with Gasteiger partial charge in [0.15, 0.2) is 0 Å². The van der Waals surface area contributed by atoms with Crippen LogP contribution in [0.3, 0.4) is 0 Å². The van der Waals surface area contributed by atoms with Crippen molar-refractivity contribution in [3.8, 4) is 33.5 Å². The number of nitrogen functional groups attached to an aromatic ring is 1. The lowest BCUT2D eigenvalue weighted by Gasteiger charge is -2.14. The van der Waals surface area contributed by atoms with Gasteiger partial charge in [0.1, 0.15) is 46.9 Å². The van der Waals surface area contributed by atoms with Crippen molar-refractivity contribution in [1.29, 1.82) is 10.7 Å². The van der Waals surface area contributed by atoms with E-state index in [1.54, 1.807) is 24.3 Å². The molecule has 0 aliphatic rings. The van der Waals surface area contributed by atoms with Gasteiger partial charge in [0.05, 0.1) is 23.7 Å². The number of carbonyl (C=O) groups excluding carboxylic acids is 1. The Bertz CT molecular complexity index is 1770. The topological polar surface area (TPSA) is 191 Å². The Morgan fingerprint density at radius 2 is 1.85 bits per heavy atom. The molecule has 7 N–H and O–H groups in total. The number of unbranched alkanes of at least 4 members (excludes halogenated alkanes) is 1. The molecule has 2 heterocycles. The maximum absolute atomic E-state index is 12.1. The Labute approximate surface area is 280 Å². The van der Waals surface area contributed by atoms with Crippen LogP contribution in [-0.4, -0.2) is 41.0 Å². The van der Waals surface area contributed by atoms with Gasteiger partial charge in [0, 0.05) is 33.7 Å². The van der Waals surface area contributed by atoms with Gasteiger partial charge in [0.25, 0.3) is 0 Å². The quantitative estimate of drug-likeness (QED) is 0.0268. The van der Waals surface area contributed by atoms with E-state index in [1.807, 2.05) is 29.6 Å². The second-order valence-corrected chi connectivity index (χ2v) is 12.2. The van der Waals surface area contributed by atoms with Crippen molar-refractivity contribution in [2.75, 3.05) is 18.9 Å². The molecule has 0 radical (unpaired) electrons. The Balaban J connectivity index is 1.39. The number of rotatable bonds is 15. The van der Waals surface area contributed by atoms with Crippen LogP contribution >= 0.6 is 34.7 Å². The number of hydrogen-bond acceptors (Lipinski definition) is 11. The highest BCUT2D eigenvalue weighted by Gasteiger charge is 2.21. The third kappa shape index (κ3) is 9.19. The molecule has 0 saturated carbocycles. The highest BCUT2D eigenvalue weighted by atomic mass is 35.5. The molecule has 0 fully saturated rings. The highest BCUT2D eigenvalue weighted by Crippen LogP contribution is 2.42. The SMILES string of the molecule is [C-]#[N+]c1c(N)nc(SCc2csc(-c3ccc(Cl)cc3)n2)c(C#N)c1-c1ccc(OCCOC(=O)[C@@H](N)CCCCC(=N)N)cc1. The van der Waals surface area contributed by atoms with Crippen LogP contribution < -0.4 is 21.9 Å². The number of benzene rings is 2. The number of nitriles is 1. The molecular weight excluding hydrogens is 644 g/mol. The Morgan fingerprint density at radius 3 is 2.52 bits per heavy atom. The van der Waals surface area contributed by atoms with Crippen LogP contribution in [0.5, 0.6) is 5.75 Å². The lowest BCUT2D eigenvalue weighted by molar-refractivity contribution is -0.146. The number of pyridine rings is 1. The summed E-state index contributed by atoms with van der Waals surface area (Å²) in [7, 11) is 0. The van der Waals surface area contributed by atoms with Crippen molar-refractivity contribution in [1.82, 2.24) is 9.97 Å². The van der Waals surface area contributed by atoms with Crippen LogP contribution in [0.1, 0.15) is 36.9 Å². The standard InChI is InChI=1S/C32H31ClN8O3S2/c1-39-28-27(19-8-12-23(13-9-19)43-14-15-44-32(42)25(35)4-2-3-5-26(36)37)24(16-34)31(41-29(28)38)46-18-22-17-45-30(40-22)20-6-10-21(33)11-7-20/h6-13,17,25H,2-5,14-15,18,35H2,(H3,36,37)(H2,38,41)/t25-/m0/s1. The molecule has 0 amide bonds. The number of nitrogens with zero attached hydrogens (tertiary/aromatic N) is 4. The molecule has 0 aliphatic carbocycles. The van der Waals surface area contributed by atoms with Crippen molar-refractivity contribution >= 4 is 58.0 Å². The summed E-state index contributed by atoms with van der Waals surface area (Å²) in [5.41, 5.74) is 20.5. The highest BCUT2D eigenvalue weighted by molar-refractivity contribution is 7.98. The number of nitrogens with two attached hydrogens (primary N) is 3. The van der Waals surface area contributed by atoms with Gasteiger partial charge in [-0.15, -0.1) is 11.3 Å². The Morgan fingerprint density at radius 1 is 1.13 bits per heavy atom. The fraction of sp³-hybridized carbons (Fsp3) is 0.250. The van der Waals surface area contributed by atoms with E-state index < -0.39 is 12.0 Å². The zero-order chi connectivity index (χ0) is 33.1. The second kappa shape index (κ2) is 16.6. The molecule has 0 aliphatic heterocycles. The minimum atomic E-state index is -0.749. The van der Waals surface area contributed by atoms with Crippen molar-refractivity contribution in [2.24, 2.45) is 11.5 Å². The van der Waals surface area contributed by atoms with Crippen molar-refractivity contribution < 1.29 is 14.3 Å². The summed E-state index contributed by atoms with van der Waals surface area (Å²) in [5.74, 6) is 0.585. The molecule has 1 atom stereocenters. The monoisotopic (exact) mass is 674 g/mol. The van der Waals surface area contributed by atoms with E-state index in [0.29, 0.717) is 58.4 Å². The average molecular weight is 675 g/mol. The van der Waals surface area contributed by atoms with E-state index in [4.69, 9.17) is 55.2 Å². The first-order valence-corrected chi connectivity index (χ1v) is 16.4. The molecule has 0 saturated heterocycles.